The van der Waals surface area contributed by atoms with Crippen LogP contribution in [0.1, 0.15) is 41.8 Å². The fraction of sp³-hybridized carbons (Fsp3) is 0.483. The Morgan fingerprint density at radius 3 is 2.40 bits per heavy atom. The second-order valence-electron chi connectivity index (χ2n) is 11.2. The van der Waals surface area contributed by atoms with Crippen LogP contribution < -0.4 is 14.8 Å². The number of nitrogens with zero attached hydrogens (tertiary/aromatic N) is 2. The lowest BCUT2D eigenvalue weighted by molar-refractivity contribution is -0.897. The molecule has 1 saturated heterocycles. The third-order valence-corrected chi connectivity index (χ3v) is 9.15. The molecular weight excluding hydrogens is 540 g/mol. The number of thiazole rings is 1. The van der Waals surface area contributed by atoms with Gasteiger partial charge in [0.1, 0.15) is 5.01 Å². The van der Waals surface area contributed by atoms with E-state index in [1.165, 1.54) is 37.3 Å². The maximum Gasteiger partial charge on any atom is 0.304 e. The van der Waals surface area contributed by atoms with Crippen molar-refractivity contribution in [1.29, 1.82) is 0 Å². The van der Waals surface area contributed by atoms with Crippen LogP contribution in [-0.4, -0.2) is 66.8 Å². The summed E-state index contributed by atoms with van der Waals surface area (Å²) < 4.78 is 41.2. The molecule has 0 saturated carbocycles. The molecule has 0 bridgehead atoms. The fourth-order valence-electron chi connectivity index (χ4n) is 6.03. The van der Waals surface area contributed by atoms with Gasteiger partial charge in [0.2, 0.25) is 5.91 Å². The number of methoxy groups -OCH3 is 1. The molecule has 3 aromatic rings. The van der Waals surface area contributed by atoms with E-state index in [2.05, 4.69) is 17.3 Å². The fourth-order valence-corrected chi connectivity index (χ4v) is 6.95. The first-order chi connectivity index (χ1) is 19.1. The summed E-state index contributed by atoms with van der Waals surface area (Å²) >= 11 is 1.39. The number of quaternary nitrogens is 1. The molecule has 0 unspecified atom stereocenters. The number of ether oxygens (including phenoxy) is 2. The van der Waals surface area contributed by atoms with Crippen LogP contribution >= 0.6 is 11.3 Å². The van der Waals surface area contributed by atoms with E-state index in [1.54, 1.807) is 7.11 Å². The lowest BCUT2D eigenvalue weighted by Gasteiger charge is -2.29. The van der Waals surface area contributed by atoms with Crippen LogP contribution in [0.2, 0.25) is 0 Å². The zero-order valence-electron chi connectivity index (χ0n) is 22.7. The third-order valence-electron chi connectivity index (χ3n) is 8.14. The number of amides is 1. The van der Waals surface area contributed by atoms with Crippen molar-refractivity contribution >= 4 is 33.4 Å². The molecule has 11 heteroatoms. The molecular formula is C29H34F2N3O5S+. The highest BCUT2D eigenvalue weighted by Gasteiger charge is 2.46. The molecule has 2 aliphatic rings. The van der Waals surface area contributed by atoms with E-state index in [0.717, 1.165) is 34.3 Å². The third kappa shape index (κ3) is 5.90. The van der Waals surface area contributed by atoms with Crippen molar-refractivity contribution in [2.45, 2.75) is 45.1 Å². The van der Waals surface area contributed by atoms with Gasteiger partial charge >= 0.3 is 5.97 Å². The quantitative estimate of drug-likeness (QED) is 0.259. The van der Waals surface area contributed by atoms with Gasteiger partial charge in [0.05, 0.1) is 69.0 Å². The summed E-state index contributed by atoms with van der Waals surface area (Å²) in [7, 11) is 3.88. The average molecular weight is 575 g/mol. The minimum absolute atomic E-state index is 0.0213. The van der Waals surface area contributed by atoms with Gasteiger partial charge in [-0.15, -0.1) is 11.3 Å². The maximum atomic E-state index is 13.8. The molecule has 1 aliphatic heterocycles. The second-order valence-corrected chi connectivity index (χ2v) is 12.3. The molecule has 2 aromatic carbocycles. The first kappa shape index (κ1) is 28.2. The highest BCUT2D eigenvalue weighted by Crippen LogP contribution is 2.41. The Hall–Kier alpha value is -3.31. The Morgan fingerprint density at radius 2 is 1.77 bits per heavy atom. The average Bonchev–Trinajstić information content (AvgIpc) is 3.61. The Kier molecular flexibility index (Phi) is 7.96. The van der Waals surface area contributed by atoms with Gasteiger partial charge in [-0.25, -0.2) is 13.8 Å². The standard InChI is InChI=1S/C29H33F2N3O5S/c1-34(6-3-4-7-34)8-5-9-39-24-12-22-25(13-23(24)38-2)40-26(33-22)17-32-28(37)29(16-27(35)36)14-18-10-20(30)21(31)11-19(18)15-29/h10-13H,3-9,14-17H2,1-2H3,(H-,32,35,36,37)/p+1. The summed E-state index contributed by atoms with van der Waals surface area (Å²) in [6, 6.07) is 5.81. The summed E-state index contributed by atoms with van der Waals surface area (Å²) in [5.74, 6) is -2.44. The van der Waals surface area contributed by atoms with Gasteiger partial charge in [0, 0.05) is 31.4 Å². The van der Waals surface area contributed by atoms with Crippen LogP contribution in [0.15, 0.2) is 24.3 Å². The van der Waals surface area contributed by atoms with E-state index in [9.17, 15) is 23.5 Å². The molecule has 1 aromatic heterocycles. The Bertz CT molecular complexity index is 1410. The Morgan fingerprint density at radius 1 is 1.10 bits per heavy atom. The number of halogens is 2. The molecule has 214 valence electrons. The second kappa shape index (κ2) is 11.3. The smallest absolute Gasteiger partial charge is 0.304 e. The lowest BCUT2D eigenvalue weighted by Crippen LogP contribution is -2.43. The number of nitrogens with one attached hydrogen (secondary N) is 1. The zero-order valence-corrected chi connectivity index (χ0v) is 23.5. The number of fused-ring (bicyclic) bond motifs is 2. The van der Waals surface area contributed by atoms with Crippen LogP contribution in [0.4, 0.5) is 8.78 Å². The van der Waals surface area contributed by atoms with Gasteiger partial charge in [0.25, 0.3) is 0 Å². The van der Waals surface area contributed by atoms with Crippen LogP contribution in [-0.2, 0) is 29.0 Å². The molecule has 0 spiro atoms. The summed E-state index contributed by atoms with van der Waals surface area (Å²) in [6.07, 6.45) is 3.09. The van der Waals surface area contributed by atoms with Crippen molar-refractivity contribution in [3.63, 3.8) is 0 Å². The summed E-state index contributed by atoms with van der Waals surface area (Å²) in [5.41, 5.74) is 0.282. The van der Waals surface area contributed by atoms with E-state index in [1.807, 2.05) is 12.1 Å². The molecule has 1 aliphatic carbocycles. The normalized spacial score (nSPS) is 17.1. The van der Waals surface area contributed by atoms with E-state index in [-0.39, 0.29) is 19.4 Å². The number of aromatic nitrogens is 1. The van der Waals surface area contributed by atoms with E-state index in [0.29, 0.717) is 39.8 Å². The predicted octanol–water partition coefficient (Wildman–Crippen LogP) is 4.47. The Balaban J connectivity index is 1.25. The number of carbonyl (C=O) groups excluding carboxylic acids is 1. The SMILES string of the molecule is COc1cc2sc(CNC(=O)C3(CC(=O)O)Cc4cc(F)c(F)cc4C3)nc2cc1OCCC[N+]1(C)CCCC1. The van der Waals surface area contributed by atoms with Crippen molar-refractivity contribution in [2.75, 3.05) is 40.4 Å². The molecule has 2 heterocycles. The van der Waals surface area contributed by atoms with E-state index >= 15 is 0 Å². The van der Waals surface area contributed by atoms with Gasteiger partial charge < -0.3 is 24.4 Å². The number of aliphatic carboxylic acids is 1. The summed E-state index contributed by atoms with van der Waals surface area (Å²) in [5, 5.41) is 13.0. The first-order valence-corrected chi connectivity index (χ1v) is 14.3. The number of hydrogen-bond acceptors (Lipinski definition) is 6. The molecule has 8 nitrogen and oxygen atoms in total. The van der Waals surface area contributed by atoms with Crippen LogP contribution in [0.3, 0.4) is 0 Å². The van der Waals surface area contributed by atoms with Crippen molar-refractivity contribution < 1.29 is 37.4 Å². The highest BCUT2D eigenvalue weighted by atomic mass is 32.1. The van der Waals surface area contributed by atoms with Gasteiger partial charge in [-0.2, -0.15) is 0 Å². The zero-order chi connectivity index (χ0) is 28.5. The number of hydrogen-bond donors (Lipinski definition) is 2. The lowest BCUT2D eigenvalue weighted by atomic mass is 9.80. The largest absolute Gasteiger partial charge is 0.493 e. The van der Waals surface area contributed by atoms with E-state index in [4.69, 9.17) is 9.47 Å². The number of rotatable bonds is 11. The number of carboxylic acids is 1. The number of benzene rings is 2. The molecule has 1 fully saturated rings. The molecule has 5 rings (SSSR count). The molecule has 2 N–H and O–H groups in total. The van der Waals surface area contributed by atoms with Gasteiger partial charge in [-0.1, -0.05) is 0 Å². The minimum atomic E-state index is -1.33. The van der Waals surface area contributed by atoms with Gasteiger partial charge in [0.15, 0.2) is 23.1 Å². The number of carboxylic acid groups (broad SMARTS) is 1. The maximum absolute atomic E-state index is 13.8. The minimum Gasteiger partial charge on any atom is -0.493 e. The van der Waals surface area contributed by atoms with Gasteiger partial charge in [-0.3, -0.25) is 9.59 Å². The van der Waals surface area contributed by atoms with Crippen molar-refractivity contribution in [3.05, 3.63) is 52.0 Å². The molecule has 40 heavy (non-hydrogen) atoms. The first-order valence-electron chi connectivity index (χ1n) is 13.5. The number of carbonyl (C=O) groups is 2. The van der Waals surface area contributed by atoms with Crippen molar-refractivity contribution in [1.82, 2.24) is 10.3 Å². The Labute approximate surface area is 235 Å². The van der Waals surface area contributed by atoms with Gasteiger partial charge in [-0.05, 0) is 36.1 Å². The monoisotopic (exact) mass is 574 g/mol. The molecule has 0 atom stereocenters. The summed E-state index contributed by atoms with van der Waals surface area (Å²) in [4.78, 5) is 29.6. The van der Waals surface area contributed by atoms with Crippen LogP contribution in [0, 0.1) is 17.0 Å². The van der Waals surface area contributed by atoms with Crippen LogP contribution in [0.25, 0.3) is 10.2 Å². The highest BCUT2D eigenvalue weighted by molar-refractivity contribution is 7.18. The number of likely N-dealkylation sites (tertiary alicyclic amines) is 1. The summed E-state index contributed by atoms with van der Waals surface area (Å²) in [6.45, 7) is 4.17. The predicted molar refractivity (Wildman–Crippen MR) is 147 cm³/mol. The van der Waals surface area contributed by atoms with E-state index < -0.39 is 35.3 Å². The topological polar surface area (TPSA) is 97.8 Å². The molecule has 0 radical (unpaired) electrons. The molecule has 1 amide bonds. The van der Waals surface area contributed by atoms with Crippen LogP contribution in [0.5, 0.6) is 11.5 Å². The van der Waals surface area contributed by atoms with Crippen molar-refractivity contribution in [3.8, 4) is 11.5 Å². The van der Waals surface area contributed by atoms with Crippen molar-refractivity contribution in [2.24, 2.45) is 5.41 Å².